The van der Waals surface area contributed by atoms with E-state index in [0.717, 1.165) is 23.4 Å². The Morgan fingerprint density at radius 2 is 1.94 bits per heavy atom. The first-order valence-corrected chi connectivity index (χ1v) is 6.33. The van der Waals surface area contributed by atoms with Gasteiger partial charge < -0.3 is 4.90 Å². The van der Waals surface area contributed by atoms with Crippen LogP contribution in [0.5, 0.6) is 0 Å². The van der Waals surface area contributed by atoms with Crippen LogP contribution in [0.4, 0.5) is 0 Å². The maximum atomic E-state index is 4.41. The van der Waals surface area contributed by atoms with Crippen molar-refractivity contribution >= 4 is 0 Å². The van der Waals surface area contributed by atoms with Crippen LogP contribution in [0, 0.1) is 18.8 Å². The average molecular weight is 216 g/mol. The molecule has 1 aromatic heterocycles. The standard InChI is InChI=1S/C14H20N2/c1-9(2)16-7-12-13(8-16)14(12)11-5-4-10(3)15-6-11/h4-6,9,12-14H,7-8H2,1-3H3. The van der Waals surface area contributed by atoms with E-state index in [9.17, 15) is 0 Å². The molecule has 1 saturated heterocycles. The van der Waals surface area contributed by atoms with Gasteiger partial charge in [0.15, 0.2) is 0 Å². The molecule has 1 saturated carbocycles. The summed E-state index contributed by atoms with van der Waals surface area (Å²) >= 11 is 0. The second kappa shape index (κ2) is 3.56. The molecule has 0 radical (unpaired) electrons. The van der Waals surface area contributed by atoms with E-state index in [2.05, 4.69) is 49.0 Å². The highest BCUT2D eigenvalue weighted by Gasteiger charge is 2.56. The summed E-state index contributed by atoms with van der Waals surface area (Å²) in [7, 11) is 0. The minimum atomic E-state index is 0.713. The lowest BCUT2D eigenvalue weighted by atomic mass is 10.1. The zero-order valence-corrected chi connectivity index (χ0v) is 10.4. The van der Waals surface area contributed by atoms with Gasteiger partial charge in [0.1, 0.15) is 0 Å². The SMILES string of the molecule is Cc1ccc(C2C3CN(C(C)C)CC32)cn1. The van der Waals surface area contributed by atoms with Crippen LogP contribution in [-0.4, -0.2) is 29.0 Å². The topological polar surface area (TPSA) is 16.1 Å². The second-order valence-corrected chi connectivity index (χ2v) is 5.63. The highest BCUT2D eigenvalue weighted by atomic mass is 15.2. The van der Waals surface area contributed by atoms with Gasteiger partial charge in [0.25, 0.3) is 0 Å². The summed E-state index contributed by atoms with van der Waals surface area (Å²) in [5.41, 5.74) is 2.59. The maximum Gasteiger partial charge on any atom is 0.0372 e. The molecular weight excluding hydrogens is 196 g/mol. The van der Waals surface area contributed by atoms with Crippen LogP contribution in [0.15, 0.2) is 18.3 Å². The van der Waals surface area contributed by atoms with Crippen molar-refractivity contribution in [2.75, 3.05) is 13.1 Å². The highest BCUT2D eigenvalue weighted by Crippen LogP contribution is 2.58. The molecule has 0 bridgehead atoms. The van der Waals surface area contributed by atoms with E-state index in [1.54, 1.807) is 0 Å². The second-order valence-electron chi connectivity index (χ2n) is 5.63. The molecule has 0 N–H and O–H groups in total. The van der Waals surface area contributed by atoms with Gasteiger partial charge >= 0.3 is 0 Å². The fourth-order valence-corrected chi connectivity index (χ4v) is 3.15. The zero-order valence-electron chi connectivity index (χ0n) is 10.4. The van der Waals surface area contributed by atoms with Crippen molar-refractivity contribution in [2.24, 2.45) is 11.8 Å². The Labute approximate surface area is 97.7 Å². The third-order valence-corrected chi connectivity index (χ3v) is 4.27. The molecule has 2 atom stereocenters. The number of piperidine rings is 1. The summed E-state index contributed by atoms with van der Waals surface area (Å²) in [5.74, 6) is 2.63. The molecule has 0 spiro atoms. The zero-order chi connectivity index (χ0) is 11.3. The fraction of sp³-hybridized carbons (Fsp3) is 0.643. The van der Waals surface area contributed by atoms with Gasteiger partial charge in [-0.2, -0.15) is 0 Å². The van der Waals surface area contributed by atoms with Crippen LogP contribution < -0.4 is 0 Å². The van der Waals surface area contributed by atoms with Crippen LogP contribution in [-0.2, 0) is 0 Å². The van der Waals surface area contributed by atoms with E-state index < -0.39 is 0 Å². The summed E-state index contributed by atoms with van der Waals surface area (Å²) < 4.78 is 0. The number of fused-ring (bicyclic) bond motifs is 1. The van der Waals surface area contributed by atoms with Crippen molar-refractivity contribution in [3.05, 3.63) is 29.6 Å². The smallest absolute Gasteiger partial charge is 0.0372 e. The van der Waals surface area contributed by atoms with E-state index in [1.165, 1.54) is 18.7 Å². The number of aromatic nitrogens is 1. The lowest BCUT2D eigenvalue weighted by molar-refractivity contribution is 0.243. The fourth-order valence-electron chi connectivity index (χ4n) is 3.15. The number of hydrogen-bond donors (Lipinski definition) is 0. The van der Waals surface area contributed by atoms with Crippen molar-refractivity contribution in [3.63, 3.8) is 0 Å². The third-order valence-electron chi connectivity index (χ3n) is 4.27. The van der Waals surface area contributed by atoms with Crippen LogP contribution in [0.2, 0.25) is 0 Å². The van der Waals surface area contributed by atoms with Crippen molar-refractivity contribution in [1.82, 2.24) is 9.88 Å². The van der Waals surface area contributed by atoms with Crippen molar-refractivity contribution in [2.45, 2.75) is 32.7 Å². The van der Waals surface area contributed by atoms with Crippen LogP contribution in [0.1, 0.15) is 31.0 Å². The monoisotopic (exact) mass is 216 g/mol. The van der Waals surface area contributed by atoms with Gasteiger partial charge in [-0.05, 0) is 50.2 Å². The minimum absolute atomic E-state index is 0.713. The number of nitrogens with zero attached hydrogens (tertiary/aromatic N) is 2. The van der Waals surface area contributed by atoms with Crippen LogP contribution in [0.3, 0.4) is 0 Å². The molecule has 1 aromatic rings. The summed E-state index contributed by atoms with van der Waals surface area (Å²) in [6.07, 6.45) is 2.08. The molecule has 2 heteroatoms. The number of pyridine rings is 1. The van der Waals surface area contributed by atoms with Gasteiger partial charge in [-0.3, -0.25) is 4.98 Å². The maximum absolute atomic E-state index is 4.41. The molecule has 1 aliphatic carbocycles. The third kappa shape index (κ3) is 1.56. The lowest BCUT2D eigenvalue weighted by Crippen LogP contribution is -2.30. The van der Waals surface area contributed by atoms with Gasteiger partial charge in [0, 0.05) is 31.0 Å². The Kier molecular flexibility index (Phi) is 2.28. The first-order valence-electron chi connectivity index (χ1n) is 6.33. The van der Waals surface area contributed by atoms with E-state index in [1.807, 2.05) is 0 Å². The molecule has 2 heterocycles. The van der Waals surface area contributed by atoms with E-state index in [-0.39, 0.29) is 0 Å². The molecule has 16 heavy (non-hydrogen) atoms. The normalized spacial score (nSPS) is 33.1. The molecule has 2 aliphatic rings. The lowest BCUT2D eigenvalue weighted by Gasteiger charge is -2.23. The molecule has 3 rings (SSSR count). The molecule has 0 aromatic carbocycles. The van der Waals surface area contributed by atoms with Crippen LogP contribution >= 0.6 is 0 Å². The predicted molar refractivity (Wildman–Crippen MR) is 65.4 cm³/mol. The summed E-state index contributed by atoms with van der Waals surface area (Å²) in [5, 5.41) is 0. The molecule has 0 amide bonds. The molecule has 2 unspecified atom stereocenters. The van der Waals surface area contributed by atoms with Gasteiger partial charge in [-0.15, -0.1) is 0 Å². The Balaban J connectivity index is 1.68. The average Bonchev–Trinajstić information content (AvgIpc) is 2.75. The molecule has 1 aliphatic heterocycles. The number of hydrogen-bond acceptors (Lipinski definition) is 2. The summed E-state index contributed by atoms with van der Waals surface area (Å²) in [6.45, 7) is 9.24. The van der Waals surface area contributed by atoms with E-state index in [4.69, 9.17) is 0 Å². The molecule has 86 valence electrons. The number of likely N-dealkylation sites (tertiary alicyclic amines) is 1. The van der Waals surface area contributed by atoms with Gasteiger partial charge in [0.05, 0.1) is 0 Å². The largest absolute Gasteiger partial charge is 0.300 e. The Morgan fingerprint density at radius 1 is 1.25 bits per heavy atom. The minimum Gasteiger partial charge on any atom is -0.300 e. The van der Waals surface area contributed by atoms with Crippen molar-refractivity contribution < 1.29 is 0 Å². The molecule has 2 nitrogen and oxygen atoms in total. The van der Waals surface area contributed by atoms with E-state index >= 15 is 0 Å². The first kappa shape index (κ1) is 10.3. The Bertz CT molecular complexity index is 370. The predicted octanol–water partition coefficient (Wildman–Crippen LogP) is 2.44. The molecule has 2 fully saturated rings. The van der Waals surface area contributed by atoms with E-state index in [0.29, 0.717) is 6.04 Å². The summed E-state index contributed by atoms with van der Waals surface area (Å²) in [4.78, 5) is 7.01. The van der Waals surface area contributed by atoms with Crippen LogP contribution in [0.25, 0.3) is 0 Å². The van der Waals surface area contributed by atoms with Gasteiger partial charge in [0.2, 0.25) is 0 Å². The Hall–Kier alpha value is -0.890. The van der Waals surface area contributed by atoms with Crippen molar-refractivity contribution in [1.29, 1.82) is 0 Å². The van der Waals surface area contributed by atoms with Gasteiger partial charge in [-0.1, -0.05) is 6.07 Å². The number of aryl methyl sites for hydroxylation is 1. The quantitative estimate of drug-likeness (QED) is 0.755. The molecular formula is C14H20N2. The van der Waals surface area contributed by atoms with Gasteiger partial charge in [-0.25, -0.2) is 0 Å². The first-order chi connectivity index (χ1) is 7.66. The number of rotatable bonds is 2. The summed E-state index contributed by atoms with van der Waals surface area (Å²) in [6, 6.07) is 5.12. The highest BCUT2D eigenvalue weighted by molar-refractivity contribution is 5.29. The Morgan fingerprint density at radius 3 is 2.44 bits per heavy atom. The van der Waals surface area contributed by atoms with Crippen molar-refractivity contribution in [3.8, 4) is 0 Å².